The Labute approximate surface area is 181 Å². The highest BCUT2D eigenvalue weighted by Crippen LogP contribution is 2.30. The number of carbonyl (C=O) groups excluding carboxylic acids is 2. The lowest BCUT2D eigenvalue weighted by Crippen LogP contribution is -2.54. The summed E-state index contributed by atoms with van der Waals surface area (Å²) in [6.45, 7) is 5.95. The highest BCUT2D eigenvalue weighted by molar-refractivity contribution is 6.04. The largest absolute Gasteiger partial charge is 0.493 e. The van der Waals surface area contributed by atoms with E-state index < -0.39 is 0 Å². The summed E-state index contributed by atoms with van der Waals surface area (Å²) < 4.78 is 16.3. The van der Waals surface area contributed by atoms with Crippen LogP contribution in [0.25, 0.3) is 0 Å². The number of piperidine rings is 1. The molecule has 7 nitrogen and oxygen atoms in total. The molecule has 0 N–H and O–H groups in total. The van der Waals surface area contributed by atoms with Gasteiger partial charge >= 0.3 is 0 Å². The molecule has 0 bridgehead atoms. The molecule has 1 aromatic carbocycles. The molecule has 166 valence electrons. The average molecular weight is 418 g/mol. The number of nitrogens with zero attached hydrogens (tertiary/aromatic N) is 2. The number of aldehydes is 1. The van der Waals surface area contributed by atoms with Crippen LogP contribution in [-0.4, -0.2) is 82.0 Å². The summed E-state index contributed by atoms with van der Waals surface area (Å²) >= 11 is 0. The van der Waals surface area contributed by atoms with Gasteiger partial charge < -0.3 is 28.7 Å². The number of amides is 1. The van der Waals surface area contributed by atoms with Gasteiger partial charge in [0.15, 0.2) is 19.5 Å². The smallest absolute Gasteiger partial charge is 0.254 e. The van der Waals surface area contributed by atoms with Gasteiger partial charge in [-0.05, 0) is 44.9 Å². The van der Waals surface area contributed by atoms with E-state index >= 15 is 0 Å². The molecule has 1 unspecified atom stereocenters. The van der Waals surface area contributed by atoms with Gasteiger partial charge in [0, 0.05) is 56.8 Å². The summed E-state index contributed by atoms with van der Waals surface area (Å²) in [6, 6.07) is 5.77. The third-order valence-electron chi connectivity index (χ3n) is 5.67. The molecule has 1 saturated heterocycles. The molecule has 0 radical (unpaired) electrons. The Morgan fingerprint density at radius 1 is 1.27 bits per heavy atom. The van der Waals surface area contributed by atoms with Crippen LogP contribution < -0.4 is 9.47 Å². The van der Waals surface area contributed by atoms with Crippen LogP contribution in [0.2, 0.25) is 0 Å². The van der Waals surface area contributed by atoms with E-state index in [2.05, 4.69) is 4.81 Å². The minimum absolute atomic E-state index is 0.0124. The minimum atomic E-state index is -0.0124. The lowest BCUT2D eigenvalue weighted by Gasteiger charge is -2.44. The van der Waals surface area contributed by atoms with Crippen LogP contribution in [0.4, 0.5) is 0 Å². The van der Waals surface area contributed by atoms with Crippen LogP contribution in [0, 0.1) is 0 Å². The Hall–Kier alpha value is -2.06. The second-order valence-electron chi connectivity index (χ2n) is 8.09. The lowest BCUT2D eigenvalue weighted by atomic mass is 9.91. The standard InChI is InChI=1S/C22H35BN2O5/c1-16(2)25(19-8-7-18(10-11-26)24(23)15-19)22(27)17-6-9-20(29-4)21(14-17)30-13-5-12-28-3/h6,9,11,14,16,18-19H,5,7-8,10,12-13,15,23H2,1-4H3/t18-,19?/m0/s1. The van der Waals surface area contributed by atoms with E-state index in [9.17, 15) is 9.59 Å². The summed E-state index contributed by atoms with van der Waals surface area (Å²) in [5.74, 6) is 1.16. The molecule has 1 aliphatic heterocycles. The first-order valence-corrected chi connectivity index (χ1v) is 10.7. The number of ether oxygens (including phenoxy) is 3. The maximum atomic E-state index is 13.5. The second-order valence-corrected chi connectivity index (χ2v) is 8.09. The van der Waals surface area contributed by atoms with E-state index in [1.165, 1.54) is 0 Å². The van der Waals surface area contributed by atoms with E-state index in [0.717, 1.165) is 32.1 Å². The molecule has 1 amide bonds. The summed E-state index contributed by atoms with van der Waals surface area (Å²) in [6.07, 6.45) is 4.09. The molecule has 0 saturated carbocycles. The third kappa shape index (κ3) is 6.22. The Morgan fingerprint density at radius 3 is 2.63 bits per heavy atom. The first kappa shape index (κ1) is 24.2. The fraction of sp³-hybridized carbons (Fsp3) is 0.636. The highest BCUT2D eigenvalue weighted by atomic mass is 16.5. The first-order valence-electron chi connectivity index (χ1n) is 10.7. The quantitative estimate of drug-likeness (QED) is 0.311. The molecule has 1 fully saturated rings. The molecular weight excluding hydrogens is 383 g/mol. The molecule has 0 spiro atoms. The molecule has 0 aliphatic carbocycles. The molecule has 1 aromatic rings. The Balaban J connectivity index is 2.17. The van der Waals surface area contributed by atoms with Crippen LogP contribution in [0.1, 0.15) is 49.9 Å². The van der Waals surface area contributed by atoms with Crippen LogP contribution in [-0.2, 0) is 9.53 Å². The normalized spacial score (nSPS) is 19.5. The predicted octanol–water partition coefficient (Wildman–Crippen LogP) is 1.93. The fourth-order valence-corrected chi connectivity index (χ4v) is 4.09. The fourth-order valence-electron chi connectivity index (χ4n) is 4.09. The number of benzene rings is 1. The van der Waals surface area contributed by atoms with E-state index in [1.807, 2.05) is 26.7 Å². The Morgan fingerprint density at radius 2 is 2.03 bits per heavy atom. The van der Waals surface area contributed by atoms with Gasteiger partial charge in [-0.15, -0.1) is 0 Å². The third-order valence-corrected chi connectivity index (χ3v) is 5.67. The summed E-state index contributed by atoms with van der Waals surface area (Å²) in [5.41, 5.74) is 0.587. The van der Waals surface area contributed by atoms with Crippen molar-refractivity contribution >= 4 is 20.2 Å². The predicted molar refractivity (Wildman–Crippen MR) is 119 cm³/mol. The van der Waals surface area contributed by atoms with E-state index in [0.29, 0.717) is 36.7 Å². The van der Waals surface area contributed by atoms with Gasteiger partial charge in [-0.3, -0.25) is 4.79 Å². The molecular formula is C22H35BN2O5. The first-order chi connectivity index (χ1) is 14.4. The van der Waals surface area contributed by atoms with Gasteiger partial charge in [0.2, 0.25) is 0 Å². The van der Waals surface area contributed by atoms with Crippen molar-refractivity contribution in [3.63, 3.8) is 0 Å². The number of methoxy groups -OCH3 is 2. The van der Waals surface area contributed by atoms with Crippen LogP contribution in [0.5, 0.6) is 11.5 Å². The zero-order chi connectivity index (χ0) is 22.1. The number of hydrogen-bond donors (Lipinski definition) is 0. The van der Waals surface area contributed by atoms with E-state index in [4.69, 9.17) is 14.2 Å². The van der Waals surface area contributed by atoms with Crippen molar-refractivity contribution in [2.75, 3.05) is 34.0 Å². The van der Waals surface area contributed by atoms with Gasteiger partial charge in [-0.25, -0.2) is 0 Å². The SMILES string of the molecule is BN1CC(N(C(=O)c2ccc(OC)c(OCCCOC)c2)C(C)C)CC[C@H]1CC=O. The van der Waals surface area contributed by atoms with Gasteiger partial charge in [0.1, 0.15) is 6.29 Å². The number of rotatable bonds is 11. The van der Waals surface area contributed by atoms with E-state index in [-0.39, 0.29) is 24.0 Å². The molecule has 8 heteroatoms. The van der Waals surface area contributed by atoms with Gasteiger partial charge in [-0.2, -0.15) is 0 Å². The lowest BCUT2D eigenvalue weighted by molar-refractivity contribution is -0.108. The number of carbonyl (C=O) groups is 2. The van der Waals surface area contributed by atoms with Crippen molar-refractivity contribution in [1.29, 1.82) is 0 Å². The summed E-state index contributed by atoms with van der Waals surface area (Å²) in [7, 11) is 5.28. The Kier molecular flexibility index (Phi) is 9.65. The molecule has 30 heavy (non-hydrogen) atoms. The summed E-state index contributed by atoms with van der Waals surface area (Å²) in [4.78, 5) is 28.5. The average Bonchev–Trinajstić information content (AvgIpc) is 2.73. The van der Waals surface area contributed by atoms with Gasteiger partial charge in [-0.1, -0.05) is 0 Å². The Bertz CT molecular complexity index is 700. The van der Waals surface area contributed by atoms with Crippen LogP contribution in [0.15, 0.2) is 18.2 Å². The van der Waals surface area contributed by atoms with Crippen LogP contribution in [0.3, 0.4) is 0 Å². The van der Waals surface area contributed by atoms with Crippen molar-refractivity contribution in [2.45, 2.75) is 57.7 Å². The number of hydrogen-bond acceptors (Lipinski definition) is 6. The highest BCUT2D eigenvalue weighted by Gasteiger charge is 2.33. The van der Waals surface area contributed by atoms with Gasteiger partial charge in [0.05, 0.1) is 13.7 Å². The summed E-state index contributed by atoms with van der Waals surface area (Å²) in [5, 5.41) is 0. The van der Waals surface area contributed by atoms with Crippen LogP contribution >= 0.6 is 0 Å². The molecule has 2 rings (SSSR count). The van der Waals surface area contributed by atoms with Crippen molar-refractivity contribution in [1.82, 2.24) is 9.71 Å². The topological polar surface area (TPSA) is 68.3 Å². The molecule has 2 atom stereocenters. The van der Waals surface area contributed by atoms with Crippen molar-refractivity contribution in [2.24, 2.45) is 0 Å². The van der Waals surface area contributed by atoms with E-state index in [1.54, 1.807) is 32.4 Å². The second kappa shape index (κ2) is 12.0. The molecule has 1 heterocycles. The van der Waals surface area contributed by atoms with Crippen molar-refractivity contribution in [3.05, 3.63) is 23.8 Å². The monoisotopic (exact) mass is 418 g/mol. The van der Waals surface area contributed by atoms with Crippen molar-refractivity contribution in [3.8, 4) is 11.5 Å². The molecule has 1 aliphatic rings. The molecule has 0 aromatic heterocycles. The van der Waals surface area contributed by atoms with Crippen molar-refractivity contribution < 1.29 is 23.8 Å². The zero-order valence-electron chi connectivity index (χ0n) is 18.9. The van der Waals surface area contributed by atoms with Gasteiger partial charge in [0.25, 0.3) is 5.91 Å². The zero-order valence-corrected chi connectivity index (χ0v) is 18.9. The minimum Gasteiger partial charge on any atom is -0.493 e. The maximum absolute atomic E-state index is 13.5. The maximum Gasteiger partial charge on any atom is 0.254 e.